The van der Waals surface area contributed by atoms with Gasteiger partial charge < -0.3 is 28.6 Å². The molecule has 2 aromatic carbocycles. The summed E-state index contributed by atoms with van der Waals surface area (Å²) in [5.74, 6) is -0.0376. The molecule has 3 rings (SSSR count). The lowest BCUT2D eigenvalue weighted by Crippen LogP contribution is -2.36. The number of methoxy groups -OCH3 is 5. The highest BCUT2D eigenvalue weighted by Gasteiger charge is 2.37. The third kappa shape index (κ3) is 4.66. The van der Waals surface area contributed by atoms with E-state index in [-0.39, 0.29) is 11.3 Å². The summed E-state index contributed by atoms with van der Waals surface area (Å²) in [6, 6.07) is 11.2. The summed E-state index contributed by atoms with van der Waals surface area (Å²) < 4.78 is 26.8. The molecule has 8 heteroatoms. The van der Waals surface area contributed by atoms with Gasteiger partial charge in [0, 0.05) is 19.0 Å². The van der Waals surface area contributed by atoms with Crippen LogP contribution >= 0.6 is 0 Å². The topological polar surface area (TPSA) is 83.5 Å². The van der Waals surface area contributed by atoms with Crippen LogP contribution in [0.2, 0.25) is 0 Å². The third-order valence-electron chi connectivity index (χ3n) is 6.08. The third-order valence-corrected chi connectivity index (χ3v) is 6.08. The predicted molar refractivity (Wildman–Crippen MR) is 126 cm³/mol. The number of ether oxygens (including phenoxy) is 5. The van der Waals surface area contributed by atoms with E-state index in [0.29, 0.717) is 36.8 Å². The van der Waals surface area contributed by atoms with Crippen LogP contribution in [0.4, 0.5) is 0 Å². The van der Waals surface area contributed by atoms with Crippen molar-refractivity contribution in [3.05, 3.63) is 64.4 Å². The first-order valence-corrected chi connectivity index (χ1v) is 11.0. The second-order valence-corrected chi connectivity index (χ2v) is 7.69. The molecule has 0 N–H and O–H groups in total. The Kier molecular flexibility index (Phi) is 8.04. The van der Waals surface area contributed by atoms with E-state index >= 15 is 0 Å². The van der Waals surface area contributed by atoms with Gasteiger partial charge in [0.2, 0.25) is 0 Å². The quantitative estimate of drug-likeness (QED) is 0.571. The van der Waals surface area contributed by atoms with E-state index in [9.17, 15) is 9.59 Å². The number of fused-ring (bicyclic) bond motifs is 1. The minimum atomic E-state index is -0.628. The highest BCUT2D eigenvalue weighted by atomic mass is 16.5. The molecular weight excluding hydrogens is 438 g/mol. The van der Waals surface area contributed by atoms with Crippen molar-refractivity contribution < 1.29 is 33.3 Å². The monoisotopic (exact) mass is 469 g/mol. The Labute approximate surface area is 200 Å². The van der Waals surface area contributed by atoms with Crippen LogP contribution in [0.3, 0.4) is 0 Å². The maximum Gasteiger partial charge on any atom is 0.354 e. The Bertz CT molecular complexity index is 1080. The van der Waals surface area contributed by atoms with Crippen molar-refractivity contribution >= 4 is 11.9 Å². The summed E-state index contributed by atoms with van der Waals surface area (Å²) in [7, 11) is 7.35. The first kappa shape index (κ1) is 25.0. The molecule has 0 fully saturated rings. The fourth-order valence-corrected chi connectivity index (χ4v) is 4.37. The Hall–Kier alpha value is -3.68. The summed E-state index contributed by atoms with van der Waals surface area (Å²) >= 11 is 0. The number of likely N-dealkylation sites (N-methyl/N-ethyl adjacent to an activating group) is 1. The highest BCUT2D eigenvalue weighted by molar-refractivity contribution is 6.02. The van der Waals surface area contributed by atoms with Gasteiger partial charge in [-0.15, -0.1) is 0 Å². The van der Waals surface area contributed by atoms with Crippen molar-refractivity contribution in [2.45, 2.75) is 19.3 Å². The number of carbonyl (C=O) groups excluding carboxylic acids is 2. The molecule has 8 nitrogen and oxygen atoms in total. The lowest BCUT2D eigenvalue weighted by atomic mass is 9.79. The summed E-state index contributed by atoms with van der Waals surface area (Å²) in [4.78, 5) is 28.2. The molecule has 2 aromatic rings. The van der Waals surface area contributed by atoms with Gasteiger partial charge in [0.25, 0.3) is 0 Å². The van der Waals surface area contributed by atoms with Gasteiger partial charge in [0.15, 0.2) is 11.5 Å². The van der Waals surface area contributed by atoms with E-state index < -0.39 is 17.9 Å². The number of hydrogen-bond acceptors (Lipinski definition) is 8. The standard InChI is InChI=1S/C26H31NO7/c1-7-27-13-12-17-14-20(31-3)21(32-4)15-19(17)22(16-8-10-18(30-2)11-9-16)23(25(28)33-5)24(27)26(29)34-6/h8-11,14-15,22H,7,12-13H2,1-6H3/b24-23+. The van der Waals surface area contributed by atoms with Gasteiger partial charge >= 0.3 is 11.9 Å². The van der Waals surface area contributed by atoms with Crippen LogP contribution in [0, 0.1) is 0 Å². The largest absolute Gasteiger partial charge is 0.497 e. The molecule has 1 heterocycles. The molecule has 0 radical (unpaired) electrons. The average molecular weight is 470 g/mol. The molecule has 0 aliphatic carbocycles. The van der Waals surface area contributed by atoms with Crippen LogP contribution in [0.1, 0.15) is 29.5 Å². The second kappa shape index (κ2) is 11.0. The van der Waals surface area contributed by atoms with Crippen molar-refractivity contribution in [2.75, 3.05) is 48.6 Å². The molecule has 1 aliphatic heterocycles. The molecule has 1 unspecified atom stereocenters. The van der Waals surface area contributed by atoms with Gasteiger partial charge in [-0.25, -0.2) is 9.59 Å². The lowest BCUT2D eigenvalue weighted by Gasteiger charge is -2.33. The lowest BCUT2D eigenvalue weighted by molar-refractivity contribution is -0.141. The number of hydrogen-bond donors (Lipinski definition) is 0. The minimum Gasteiger partial charge on any atom is -0.497 e. The number of carbonyl (C=O) groups is 2. The van der Waals surface area contributed by atoms with E-state index in [0.717, 1.165) is 16.7 Å². The van der Waals surface area contributed by atoms with Crippen LogP contribution in [0.25, 0.3) is 0 Å². The predicted octanol–water partition coefficient (Wildman–Crippen LogP) is 3.32. The highest BCUT2D eigenvalue weighted by Crippen LogP contribution is 2.43. The molecule has 182 valence electrons. The molecule has 0 saturated heterocycles. The van der Waals surface area contributed by atoms with E-state index in [1.54, 1.807) is 21.3 Å². The Balaban J connectivity index is 2.44. The number of benzene rings is 2. The van der Waals surface area contributed by atoms with Crippen molar-refractivity contribution in [3.8, 4) is 17.2 Å². The van der Waals surface area contributed by atoms with Crippen LogP contribution in [0.5, 0.6) is 17.2 Å². The minimum absolute atomic E-state index is 0.193. The van der Waals surface area contributed by atoms with E-state index in [1.165, 1.54) is 14.2 Å². The van der Waals surface area contributed by atoms with Crippen LogP contribution in [-0.4, -0.2) is 65.5 Å². The summed E-state index contributed by atoms with van der Waals surface area (Å²) in [5.41, 5.74) is 2.98. The van der Waals surface area contributed by atoms with Gasteiger partial charge in [-0.1, -0.05) is 12.1 Å². The molecule has 0 bridgehead atoms. The Morgan fingerprint density at radius 1 is 0.882 bits per heavy atom. The molecular formula is C26H31NO7. The van der Waals surface area contributed by atoms with E-state index in [4.69, 9.17) is 23.7 Å². The van der Waals surface area contributed by atoms with E-state index in [2.05, 4.69) is 0 Å². The molecule has 1 aliphatic rings. The molecule has 0 aromatic heterocycles. The van der Waals surface area contributed by atoms with Gasteiger partial charge in [-0.2, -0.15) is 0 Å². The van der Waals surface area contributed by atoms with Gasteiger partial charge in [-0.05, 0) is 54.3 Å². The van der Waals surface area contributed by atoms with Gasteiger partial charge in [0.1, 0.15) is 11.4 Å². The zero-order valence-corrected chi connectivity index (χ0v) is 20.5. The molecule has 0 amide bonds. The summed E-state index contributed by atoms with van der Waals surface area (Å²) in [5, 5.41) is 0. The summed E-state index contributed by atoms with van der Waals surface area (Å²) in [6.07, 6.45) is 0.616. The van der Waals surface area contributed by atoms with Crippen molar-refractivity contribution in [1.29, 1.82) is 0 Å². The number of nitrogens with zero attached hydrogens (tertiary/aromatic N) is 1. The maximum absolute atomic E-state index is 13.3. The number of rotatable bonds is 7. The van der Waals surface area contributed by atoms with Crippen LogP contribution < -0.4 is 14.2 Å². The molecule has 0 spiro atoms. The fraction of sp³-hybridized carbons (Fsp3) is 0.385. The Morgan fingerprint density at radius 2 is 1.50 bits per heavy atom. The normalized spacial score (nSPS) is 17.7. The van der Waals surface area contributed by atoms with E-state index in [1.807, 2.05) is 48.2 Å². The maximum atomic E-state index is 13.3. The summed E-state index contributed by atoms with van der Waals surface area (Å²) in [6.45, 7) is 2.93. The zero-order chi connectivity index (χ0) is 24.8. The zero-order valence-electron chi connectivity index (χ0n) is 20.5. The van der Waals surface area contributed by atoms with Gasteiger partial charge in [-0.3, -0.25) is 0 Å². The smallest absolute Gasteiger partial charge is 0.354 e. The van der Waals surface area contributed by atoms with Crippen LogP contribution in [0.15, 0.2) is 47.7 Å². The first-order valence-electron chi connectivity index (χ1n) is 11.0. The molecule has 1 atom stereocenters. The Morgan fingerprint density at radius 3 is 2.03 bits per heavy atom. The first-order chi connectivity index (χ1) is 16.4. The van der Waals surface area contributed by atoms with Crippen LogP contribution in [-0.2, 0) is 25.5 Å². The van der Waals surface area contributed by atoms with Gasteiger partial charge in [0.05, 0.1) is 41.1 Å². The fourth-order valence-electron chi connectivity index (χ4n) is 4.37. The SMILES string of the molecule is CCN1CCc2cc(OC)c(OC)cc2C(c2ccc(OC)cc2)/C(C(=O)OC)=C\1C(=O)OC. The molecule has 34 heavy (non-hydrogen) atoms. The van der Waals surface area contributed by atoms with Crippen molar-refractivity contribution in [3.63, 3.8) is 0 Å². The average Bonchev–Trinajstić information content (AvgIpc) is 2.88. The van der Waals surface area contributed by atoms with Crippen molar-refractivity contribution in [1.82, 2.24) is 4.90 Å². The number of esters is 2. The van der Waals surface area contributed by atoms with Crippen molar-refractivity contribution in [2.24, 2.45) is 0 Å². The second-order valence-electron chi connectivity index (χ2n) is 7.69. The molecule has 0 saturated carbocycles.